The Hall–Kier alpha value is -2.07. The number of carbonyl (C=O) groups is 1. The predicted octanol–water partition coefficient (Wildman–Crippen LogP) is 0.354. The maximum atomic E-state index is 11.7. The molecule has 5 atom stereocenters. The summed E-state index contributed by atoms with van der Waals surface area (Å²) >= 11 is 0. The number of nitrogens with one attached hydrogen (secondary N) is 1. The summed E-state index contributed by atoms with van der Waals surface area (Å²) in [6.45, 7) is 4.55. The van der Waals surface area contributed by atoms with Crippen LogP contribution in [0.15, 0.2) is 10.2 Å². The van der Waals surface area contributed by atoms with Gasteiger partial charge in [0.2, 0.25) is 5.91 Å². The molecule has 1 aliphatic rings. The molecule has 2 unspecified atom stereocenters. The Kier molecular flexibility index (Phi) is 7.23. The highest BCUT2D eigenvalue weighted by Gasteiger charge is 2.46. The predicted molar refractivity (Wildman–Crippen MR) is 81.5 cm³/mol. The zero-order chi connectivity index (χ0) is 18.3. The second-order valence-electron chi connectivity index (χ2n) is 6.15. The summed E-state index contributed by atoms with van der Waals surface area (Å²) in [6, 6.07) is -1.09. The van der Waals surface area contributed by atoms with E-state index in [4.69, 9.17) is 20.5 Å². The van der Waals surface area contributed by atoms with Crippen molar-refractivity contribution >= 4 is 5.91 Å². The van der Waals surface area contributed by atoms with Crippen LogP contribution in [0.2, 0.25) is 0 Å². The zero-order valence-electron chi connectivity index (χ0n) is 13.6. The highest BCUT2D eigenvalue weighted by atomic mass is 16.7. The maximum Gasteiger partial charge on any atom is 0.226 e. The van der Waals surface area contributed by atoms with E-state index >= 15 is 0 Å². The molecule has 1 rings (SSSR count). The van der Waals surface area contributed by atoms with Crippen molar-refractivity contribution in [1.29, 1.82) is 0 Å². The Morgan fingerprint density at radius 3 is 2.42 bits per heavy atom. The molecule has 1 saturated heterocycles. The summed E-state index contributed by atoms with van der Waals surface area (Å²) in [5, 5.41) is 29.2. The minimum atomic E-state index is -1.43. The van der Waals surface area contributed by atoms with Gasteiger partial charge in [-0.05, 0) is 31.8 Å². The molecule has 12 nitrogen and oxygen atoms in total. The van der Waals surface area contributed by atoms with Gasteiger partial charge in [-0.15, -0.1) is 0 Å². The Bertz CT molecular complexity index is 538. The lowest BCUT2D eigenvalue weighted by molar-refractivity contribution is -0.286. The number of nitrogens with zero attached hydrogens (tertiary/aromatic N) is 6. The SMILES string of the molecule is CC(C)(C)O[C@@H]1OC(CN=[N+]=[N-])[C@H](O)[C@H](O)C1NC(=O)CN=[N+]=[N-]. The molecule has 134 valence electrons. The first-order valence-electron chi connectivity index (χ1n) is 7.20. The van der Waals surface area contributed by atoms with E-state index in [1.54, 1.807) is 20.8 Å². The quantitative estimate of drug-likeness (QED) is 0.356. The molecule has 0 radical (unpaired) electrons. The van der Waals surface area contributed by atoms with Crippen LogP contribution in [0.1, 0.15) is 20.8 Å². The van der Waals surface area contributed by atoms with Crippen LogP contribution in [0, 0.1) is 0 Å². The monoisotopic (exact) mass is 343 g/mol. The molecular weight excluding hydrogens is 322 g/mol. The van der Waals surface area contributed by atoms with Crippen molar-refractivity contribution in [2.75, 3.05) is 13.1 Å². The first-order valence-corrected chi connectivity index (χ1v) is 7.20. The molecular formula is C12H21N7O5. The van der Waals surface area contributed by atoms with Gasteiger partial charge in [0.1, 0.15) is 24.8 Å². The van der Waals surface area contributed by atoms with Gasteiger partial charge >= 0.3 is 0 Å². The van der Waals surface area contributed by atoms with Crippen LogP contribution in [0.5, 0.6) is 0 Å². The highest BCUT2D eigenvalue weighted by Crippen LogP contribution is 2.26. The fourth-order valence-corrected chi connectivity index (χ4v) is 2.13. The molecule has 0 spiro atoms. The minimum Gasteiger partial charge on any atom is -0.388 e. The molecule has 0 aromatic carbocycles. The van der Waals surface area contributed by atoms with Crippen LogP contribution in [0.3, 0.4) is 0 Å². The van der Waals surface area contributed by atoms with Gasteiger partial charge < -0.3 is 25.0 Å². The molecule has 1 fully saturated rings. The largest absolute Gasteiger partial charge is 0.388 e. The molecule has 0 saturated carbocycles. The molecule has 1 amide bonds. The number of carbonyl (C=O) groups excluding carboxylic acids is 1. The number of aliphatic hydroxyl groups is 2. The van der Waals surface area contributed by atoms with Crippen molar-refractivity contribution in [2.45, 2.75) is 57.0 Å². The van der Waals surface area contributed by atoms with E-state index in [9.17, 15) is 15.0 Å². The van der Waals surface area contributed by atoms with Crippen LogP contribution >= 0.6 is 0 Å². The second kappa shape index (κ2) is 8.69. The Morgan fingerprint density at radius 1 is 1.25 bits per heavy atom. The normalized spacial score (nSPS) is 30.0. The number of ether oxygens (including phenoxy) is 2. The average molecular weight is 343 g/mol. The average Bonchev–Trinajstić information content (AvgIpc) is 2.49. The number of amides is 1. The lowest BCUT2D eigenvalue weighted by Crippen LogP contribution is -2.65. The van der Waals surface area contributed by atoms with Crippen molar-refractivity contribution in [2.24, 2.45) is 10.2 Å². The van der Waals surface area contributed by atoms with Gasteiger partial charge in [0.05, 0.1) is 18.2 Å². The van der Waals surface area contributed by atoms with Crippen molar-refractivity contribution in [3.63, 3.8) is 0 Å². The zero-order valence-corrected chi connectivity index (χ0v) is 13.6. The number of rotatable bonds is 6. The molecule has 0 aliphatic carbocycles. The third-order valence-electron chi connectivity index (χ3n) is 3.10. The van der Waals surface area contributed by atoms with Gasteiger partial charge in [-0.1, -0.05) is 10.2 Å². The molecule has 12 heteroatoms. The van der Waals surface area contributed by atoms with Crippen molar-refractivity contribution in [3.8, 4) is 0 Å². The number of hydrogen-bond donors (Lipinski definition) is 3. The second-order valence-corrected chi connectivity index (χ2v) is 6.15. The molecule has 24 heavy (non-hydrogen) atoms. The minimum absolute atomic E-state index is 0.210. The van der Waals surface area contributed by atoms with Gasteiger partial charge in [-0.3, -0.25) is 4.79 Å². The number of azide groups is 2. The third kappa shape index (κ3) is 5.85. The summed E-state index contributed by atoms with van der Waals surface area (Å²) in [4.78, 5) is 16.8. The van der Waals surface area contributed by atoms with Gasteiger partial charge in [0.25, 0.3) is 0 Å². The third-order valence-corrected chi connectivity index (χ3v) is 3.10. The summed E-state index contributed by atoms with van der Waals surface area (Å²) in [6.07, 6.45) is -4.93. The maximum absolute atomic E-state index is 11.7. The fraction of sp³-hybridized carbons (Fsp3) is 0.917. The van der Waals surface area contributed by atoms with Crippen LogP contribution in [0.25, 0.3) is 20.9 Å². The van der Waals surface area contributed by atoms with E-state index in [2.05, 4.69) is 25.4 Å². The number of hydrogen-bond acceptors (Lipinski definition) is 7. The van der Waals surface area contributed by atoms with Crippen LogP contribution in [-0.2, 0) is 14.3 Å². The van der Waals surface area contributed by atoms with Crippen LogP contribution < -0.4 is 5.32 Å². The highest BCUT2D eigenvalue weighted by molar-refractivity contribution is 5.78. The summed E-state index contributed by atoms with van der Waals surface area (Å²) in [5.74, 6) is -0.663. The molecule has 0 bridgehead atoms. The summed E-state index contributed by atoms with van der Waals surface area (Å²) in [5.41, 5.74) is 15.9. The standard InChI is InChI=1S/C12H21N7O5/c1-12(2,3)24-11-8(17-7(20)5-16-19-14)10(22)9(21)6(23-11)4-15-18-13/h6,8-11,21-22H,4-5H2,1-3H3,(H,17,20)/t6?,8?,9-,10+,11-/m0/s1. The van der Waals surface area contributed by atoms with Gasteiger partial charge in [0.15, 0.2) is 6.29 Å². The Labute approximate surface area is 138 Å². The lowest BCUT2D eigenvalue weighted by atomic mass is 9.96. The summed E-state index contributed by atoms with van der Waals surface area (Å²) in [7, 11) is 0. The van der Waals surface area contributed by atoms with E-state index in [0.29, 0.717) is 0 Å². The van der Waals surface area contributed by atoms with Gasteiger partial charge in [-0.2, -0.15) is 0 Å². The topological polar surface area (TPSA) is 186 Å². The number of aliphatic hydroxyl groups excluding tert-OH is 2. The first kappa shape index (κ1) is 20.0. The molecule has 0 aromatic heterocycles. The van der Waals surface area contributed by atoms with Crippen LogP contribution in [-0.4, -0.2) is 65.5 Å². The summed E-state index contributed by atoms with van der Waals surface area (Å²) < 4.78 is 11.2. The van der Waals surface area contributed by atoms with E-state index in [0.717, 1.165) is 0 Å². The van der Waals surface area contributed by atoms with E-state index < -0.39 is 48.7 Å². The fourth-order valence-electron chi connectivity index (χ4n) is 2.13. The molecule has 0 aromatic rings. The van der Waals surface area contributed by atoms with E-state index in [1.807, 2.05) is 0 Å². The van der Waals surface area contributed by atoms with Crippen LogP contribution in [0.4, 0.5) is 0 Å². The molecule has 1 heterocycles. The molecule has 1 aliphatic heterocycles. The first-order chi connectivity index (χ1) is 11.2. The van der Waals surface area contributed by atoms with Gasteiger partial charge in [-0.25, -0.2) is 0 Å². The van der Waals surface area contributed by atoms with E-state index in [-0.39, 0.29) is 6.54 Å². The van der Waals surface area contributed by atoms with E-state index in [1.165, 1.54) is 0 Å². The van der Waals surface area contributed by atoms with Crippen molar-refractivity contribution in [3.05, 3.63) is 20.9 Å². The Balaban J connectivity index is 2.96. The lowest BCUT2D eigenvalue weighted by Gasteiger charge is -2.44. The smallest absolute Gasteiger partial charge is 0.226 e. The van der Waals surface area contributed by atoms with Gasteiger partial charge in [0, 0.05) is 9.82 Å². The van der Waals surface area contributed by atoms with Crippen molar-refractivity contribution < 1.29 is 24.5 Å². The Morgan fingerprint density at radius 2 is 1.88 bits per heavy atom. The van der Waals surface area contributed by atoms with Crippen molar-refractivity contribution in [1.82, 2.24) is 5.32 Å². The molecule has 3 N–H and O–H groups in total.